The first-order chi connectivity index (χ1) is 12.1. The predicted molar refractivity (Wildman–Crippen MR) is 100 cm³/mol. The molecule has 8 heteroatoms. The van der Waals surface area contributed by atoms with Gasteiger partial charge in [-0.1, -0.05) is 35.9 Å². The molecule has 134 valence electrons. The van der Waals surface area contributed by atoms with Gasteiger partial charge < -0.3 is 4.90 Å². The first-order valence-corrected chi connectivity index (χ1v) is 10.4. The lowest BCUT2D eigenvalue weighted by molar-refractivity contribution is 0.343. The second-order valence-electron chi connectivity index (χ2n) is 6.49. The number of halogens is 1. The molecule has 0 spiro atoms. The van der Waals surface area contributed by atoms with Crippen molar-refractivity contribution in [2.75, 3.05) is 44.2 Å². The fourth-order valence-electron chi connectivity index (χ4n) is 3.53. The quantitative estimate of drug-likeness (QED) is 0.767. The van der Waals surface area contributed by atoms with Crippen molar-refractivity contribution in [2.45, 2.75) is 12.8 Å². The summed E-state index contributed by atoms with van der Waals surface area (Å²) in [6.45, 7) is 3.48. The number of hydrogen-bond acceptors (Lipinski definition) is 4. The van der Waals surface area contributed by atoms with E-state index >= 15 is 0 Å². The number of aromatic nitrogens is 1. The molecule has 2 aliphatic rings. The average Bonchev–Trinajstić information content (AvgIpc) is 3.17. The number of pyridine rings is 1. The molecule has 2 aliphatic heterocycles. The lowest BCUT2D eigenvalue weighted by Crippen LogP contribution is -2.52. The van der Waals surface area contributed by atoms with Crippen LogP contribution in [0.2, 0.25) is 5.15 Å². The Bertz CT molecular complexity index is 875. The third kappa shape index (κ3) is 3.21. The molecular formula is C17H21ClN4O2S. The molecule has 2 fully saturated rings. The van der Waals surface area contributed by atoms with Gasteiger partial charge in [0.15, 0.2) is 0 Å². The summed E-state index contributed by atoms with van der Waals surface area (Å²) in [5.74, 6) is 0.807. The van der Waals surface area contributed by atoms with Crippen molar-refractivity contribution >= 4 is 38.4 Å². The molecule has 3 heterocycles. The molecule has 4 rings (SSSR count). The van der Waals surface area contributed by atoms with Crippen LogP contribution in [-0.4, -0.2) is 61.3 Å². The highest BCUT2D eigenvalue weighted by Crippen LogP contribution is 2.27. The van der Waals surface area contributed by atoms with Crippen molar-refractivity contribution in [3.05, 3.63) is 35.5 Å². The Hall–Kier alpha value is -1.41. The molecule has 0 N–H and O–H groups in total. The zero-order valence-corrected chi connectivity index (χ0v) is 15.5. The second kappa shape index (κ2) is 6.72. The van der Waals surface area contributed by atoms with E-state index in [9.17, 15) is 8.42 Å². The van der Waals surface area contributed by atoms with Crippen LogP contribution in [0.3, 0.4) is 0 Å². The molecule has 25 heavy (non-hydrogen) atoms. The molecule has 0 saturated carbocycles. The number of benzene rings is 1. The summed E-state index contributed by atoms with van der Waals surface area (Å²) in [7, 11) is -3.32. The Labute approximate surface area is 153 Å². The van der Waals surface area contributed by atoms with Crippen LogP contribution in [0.25, 0.3) is 10.8 Å². The van der Waals surface area contributed by atoms with E-state index < -0.39 is 10.2 Å². The fourth-order valence-corrected chi connectivity index (χ4v) is 5.46. The van der Waals surface area contributed by atoms with Crippen molar-refractivity contribution in [3.8, 4) is 0 Å². The summed E-state index contributed by atoms with van der Waals surface area (Å²) in [5.41, 5.74) is 0. The Balaban J connectivity index is 1.50. The Morgan fingerprint density at radius 3 is 2.28 bits per heavy atom. The van der Waals surface area contributed by atoms with E-state index in [0.717, 1.165) is 29.4 Å². The first-order valence-electron chi connectivity index (χ1n) is 8.61. The third-order valence-electron chi connectivity index (χ3n) is 4.96. The minimum absolute atomic E-state index is 0.477. The van der Waals surface area contributed by atoms with Crippen molar-refractivity contribution in [1.29, 1.82) is 0 Å². The van der Waals surface area contributed by atoms with Crippen LogP contribution in [0.1, 0.15) is 12.8 Å². The SMILES string of the molecule is O=S(=O)(N1CCCC1)N1CCN(c2cc3ccccc3c(Cl)n2)CC1. The molecule has 1 aromatic heterocycles. The van der Waals surface area contributed by atoms with Gasteiger partial charge >= 0.3 is 0 Å². The number of hydrogen-bond donors (Lipinski definition) is 0. The van der Waals surface area contributed by atoms with Crippen LogP contribution >= 0.6 is 11.6 Å². The molecular weight excluding hydrogens is 360 g/mol. The summed E-state index contributed by atoms with van der Waals surface area (Å²) in [4.78, 5) is 6.61. The minimum atomic E-state index is -3.32. The van der Waals surface area contributed by atoms with Gasteiger partial charge in [-0.2, -0.15) is 17.0 Å². The summed E-state index contributed by atoms with van der Waals surface area (Å²) in [6.07, 6.45) is 1.91. The standard InChI is InChI=1S/C17H21ClN4O2S/c18-17-15-6-2-1-5-14(15)13-16(19-17)20-9-11-22(12-10-20)25(23,24)21-7-3-4-8-21/h1-2,5-6,13H,3-4,7-12H2. The number of anilines is 1. The smallest absolute Gasteiger partial charge is 0.282 e. The zero-order chi connectivity index (χ0) is 17.4. The van der Waals surface area contributed by atoms with Gasteiger partial charge in [0.25, 0.3) is 10.2 Å². The van der Waals surface area contributed by atoms with Gasteiger partial charge in [0.2, 0.25) is 0 Å². The van der Waals surface area contributed by atoms with Crippen molar-refractivity contribution in [3.63, 3.8) is 0 Å². The van der Waals surface area contributed by atoms with E-state index in [0.29, 0.717) is 44.4 Å². The zero-order valence-electron chi connectivity index (χ0n) is 13.9. The van der Waals surface area contributed by atoms with Gasteiger partial charge in [0.1, 0.15) is 11.0 Å². The van der Waals surface area contributed by atoms with Gasteiger partial charge in [-0.05, 0) is 24.3 Å². The van der Waals surface area contributed by atoms with Gasteiger partial charge in [0, 0.05) is 44.7 Å². The molecule has 2 saturated heterocycles. The van der Waals surface area contributed by atoms with Crippen molar-refractivity contribution in [2.24, 2.45) is 0 Å². The van der Waals surface area contributed by atoms with Gasteiger partial charge in [-0.25, -0.2) is 4.98 Å². The molecule has 2 aromatic rings. The van der Waals surface area contributed by atoms with E-state index in [2.05, 4.69) is 9.88 Å². The summed E-state index contributed by atoms with van der Waals surface area (Å²) < 4.78 is 28.5. The van der Waals surface area contributed by atoms with E-state index in [-0.39, 0.29) is 0 Å². The van der Waals surface area contributed by atoms with E-state index in [1.165, 1.54) is 0 Å². The molecule has 0 amide bonds. The van der Waals surface area contributed by atoms with Crippen LogP contribution in [0, 0.1) is 0 Å². The number of piperazine rings is 1. The number of nitrogens with zero attached hydrogens (tertiary/aromatic N) is 4. The average molecular weight is 381 g/mol. The minimum Gasteiger partial charge on any atom is -0.354 e. The summed E-state index contributed by atoms with van der Waals surface area (Å²) in [6, 6.07) is 9.90. The fraction of sp³-hybridized carbons (Fsp3) is 0.471. The van der Waals surface area contributed by atoms with Crippen LogP contribution in [0.15, 0.2) is 30.3 Å². The monoisotopic (exact) mass is 380 g/mol. The summed E-state index contributed by atoms with van der Waals surface area (Å²) in [5, 5.41) is 2.47. The van der Waals surface area contributed by atoms with Crippen LogP contribution in [-0.2, 0) is 10.2 Å². The van der Waals surface area contributed by atoms with Crippen LogP contribution in [0.4, 0.5) is 5.82 Å². The van der Waals surface area contributed by atoms with E-state index in [4.69, 9.17) is 11.6 Å². The van der Waals surface area contributed by atoms with Crippen molar-refractivity contribution < 1.29 is 8.42 Å². The lowest BCUT2D eigenvalue weighted by atomic mass is 10.2. The largest absolute Gasteiger partial charge is 0.354 e. The Morgan fingerprint density at radius 1 is 0.920 bits per heavy atom. The molecule has 0 unspecified atom stereocenters. The van der Waals surface area contributed by atoms with Gasteiger partial charge in [-0.3, -0.25) is 0 Å². The highest BCUT2D eigenvalue weighted by molar-refractivity contribution is 7.86. The second-order valence-corrected chi connectivity index (χ2v) is 8.78. The van der Waals surface area contributed by atoms with Crippen molar-refractivity contribution in [1.82, 2.24) is 13.6 Å². The third-order valence-corrected chi connectivity index (χ3v) is 7.28. The molecule has 0 aliphatic carbocycles. The predicted octanol–water partition coefficient (Wildman–Crippen LogP) is 2.35. The van der Waals surface area contributed by atoms with Gasteiger partial charge in [0.05, 0.1) is 0 Å². The molecule has 1 aromatic carbocycles. The molecule has 0 bridgehead atoms. The summed E-state index contributed by atoms with van der Waals surface area (Å²) >= 11 is 6.32. The topological polar surface area (TPSA) is 56.8 Å². The number of fused-ring (bicyclic) bond motifs is 1. The maximum atomic E-state index is 12.7. The number of rotatable bonds is 3. The highest BCUT2D eigenvalue weighted by atomic mass is 35.5. The maximum absolute atomic E-state index is 12.7. The first kappa shape index (κ1) is 17.0. The highest BCUT2D eigenvalue weighted by Gasteiger charge is 2.34. The lowest BCUT2D eigenvalue weighted by Gasteiger charge is -2.36. The Morgan fingerprint density at radius 2 is 1.56 bits per heavy atom. The van der Waals surface area contributed by atoms with Crippen LogP contribution < -0.4 is 4.90 Å². The molecule has 0 radical (unpaired) electrons. The normalized spacial score (nSPS) is 20.4. The molecule has 0 atom stereocenters. The van der Waals surface area contributed by atoms with E-state index in [1.54, 1.807) is 8.61 Å². The molecule has 6 nitrogen and oxygen atoms in total. The maximum Gasteiger partial charge on any atom is 0.282 e. The Kier molecular flexibility index (Phi) is 4.58. The van der Waals surface area contributed by atoms with E-state index in [1.807, 2.05) is 30.3 Å². The van der Waals surface area contributed by atoms with Crippen LogP contribution in [0.5, 0.6) is 0 Å². The van der Waals surface area contributed by atoms with Gasteiger partial charge in [-0.15, -0.1) is 0 Å².